The molecular formula is C20H30N4O5S. The van der Waals surface area contributed by atoms with E-state index in [1.165, 1.54) is 6.42 Å². The molecule has 3 aliphatic heterocycles. The molecule has 0 saturated carbocycles. The summed E-state index contributed by atoms with van der Waals surface area (Å²) in [5.74, 6) is -0.694. The number of nitrogens with zero attached hydrogens (tertiary/aromatic N) is 4. The zero-order chi connectivity index (χ0) is 21.6. The van der Waals surface area contributed by atoms with Gasteiger partial charge in [0.2, 0.25) is 15.9 Å². The molecule has 0 bridgehead atoms. The van der Waals surface area contributed by atoms with Crippen molar-refractivity contribution in [1.29, 1.82) is 0 Å². The zero-order valence-corrected chi connectivity index (χ0v) is 18.6. The second kappa shape index (κ2) is 7.96. The van der Waals surface area contributed by atoms with Gasteiger partial charge in [-0.25, -0.2) is 12.7 Å². The first kappa shape index (κ1) is 21.3. The SMILES string of the molecule is CC(C)[C@H]1C(=O)N(S(C)(=O)=O)[C@H]2CCN(C(=O)c3cc(CN4CCCCC4)on3)[C@H]12. The number of rotatable bonds is 5. The van der Waals surface area contributed by atoms with Crippen molar-refractivity contribution in [3.05, 3.63) is 17.5 Å². The van der Waals surface area contributed by atoms with Gasteiger partial charge in [0.1, 0.15) is 0 Å². The fourth-order valence-electron chi connectivity index (χ4n) is 5.24. The van der Waals surface area contributed by atoms with Crippen molar-refractivity contribution in [1.82, 2.24) is 19.3 Å². The summed E-state index contributed by atoms with van der Waals surface area (Å²) < 4.78 is 30.9. The number of carbonyl (C=O) groups excluding carboxylic acids is 2. The summed E-state index contributed by atoms with van der Waals surface area (Å²) in [4.78, 5) is 30.1. The summed E-state index contributed by atoms with van der Waals surface area (Å²) in [6, 6.07) is 0.699. The van der Waals surface area contributed by atoms with Gasteiger partial charge in [0, 0.05) is 12.6 Å². The van der Waals surface area contributed by atoms with Crippen LogP contribution in [0.2, 0.25) is 0 Å². The predicted octanol–water partition coefficient (Wildman–Crippen LogP) is 1.32. The van der Waals surface area contributed by atoms with Gasteiger partial charge in [-0.15, -0.1) is 0 Å². The normalized spacial score (nSPS) is 27.9. The van der Waals surface area contributed by atoms with Crippen LogP contribution in [0, 0.1) is 11.8 Å². The van der Waals surface area contributed by atoms with E-state index in [1.807, 2.05) is 13.8 Å². The highest BCUT2D eigenvalue weighted by Gasteiger charge is 2.58. The minimum absolute atomic E-state index is 0.0860. The monoisotopic (exact) mass is 438 g/mol. The molecule has 3 atom stereocenters. The Labute approximate surface area is 177 Å². The maximum absolute atomic E-state index is 13.2. The molecule has 9 nitrogen and oxygen atoms in total. The molecule has 3 aliphatic rings. The third-order valence-electron chi connectivity index (χ3n) is 6.53. The van der Waals surface area contributed by atoms with E-state index >= 15 is 0 Å². The maximum Gasteiger partial charge on any atom is 0.276 e. The number of piperidine rings is 1. The lowest BCUT2D eigenvalue weighted by Crippen LogP contribution is -2.44. The van der Waals surface area contributed by atoms with E-state index in [2.05, 4.69) is 10.1 Å². The summed E-state index contributed by atoms with van der Waals surface area (Å²) in [5.41, 5.74) is 0.218. The van der Waals surface area contributed by atoms with Gasteiger partial charge in [-0.3, -0.25) is 14.5 Å². The number of fused-ring (bicyclic) bond motifs is 1. The quantitative estimate of drug-likeness (QED) is 0.683. The van der Waals surface area contributed by atoms with Crippen LogP contribution in [0.15, 0.2) is 10.6 Å². The Hall–Kier alpha value is -1.94. The molecule has 0 unspecified atom stereocenters. The highest BCUT2D eigenvalue weighted by Crippen LogP contribution is 2.41. The molecule has 166 valence electrons. The Morgan fingerprint density at radius 1 is 1.23 bits per heavy atom. The van der Waals surface area contributed by atoms with Crippen molar-refractivity contribution in [3.63, 3.8) is 0 Å². The van der Waals surface area contributed by atoms with Gasteiger partial charge in [-0.2, -0.15) is 0 Å². The number of sulfonamides is 1. The summed E-state index contributed by atoms with van der Waals surface area (Å²) >= 11 is 0. The molecule has 2 amide bonds. The molecule has 4 rings (SSSR count). The second-order valence-corrected chi connectivity index (χ2v) is 10.9. The number of aromatic nitrogens is 1. The Morgan fingerprint density at radius 2 is 1.93 bits per heavy atom. The van der Waals surface area contributed by atoms with Crippen LogP contribution in [0.5, 0.6) is 0 Å². The van der Waals surface area contributed by atoms with E-state index in [4.69, 9.17) is 4.52 Å². The van der Waals surface area contributed by atoms with E-state index in [-0.39, 0.29) is 17.5 Å². The minimum Gasteiger partial charge on any atom is -0.359 e. The largest absolute Gasteiger partial charge is 0.359 e. The van der Waals surface area contributed by atoms with E-state index in [0.29, 0.717) is 25.3 Å². The van der Waals surface area contributed by atoms with Gasteiger partial charge in [0.05, 0.1) is 30.8 Å². The maximum atomic E-state index is 13.2. The lowest BCUT2D eigenvalue weighted by Gasteiger charge is -2.28. The molecule has 0 radical (unpaired) electrons. The van der Waals surface area contributed by atoms with Crippen LogP contribution in [0.25, 0.3) is 0 Å². The van der Waals surface area contributed by atoms with Crippen molar-refractivity contribution in [2.45, 2.75) is 58.2 Å². The number of carbonyl (C=O) groups is 2. The van der Waals surface area contributed by atoms with Gasteiger partial charge < -0.3 is 9.42 Å². The van der Waals surface area contributed by atoms with Crippen LogP contribution >= 0.6 is 0 Å². The summed E-state index contributed by atoms with van der Waals surface area (Å²) in [7, 11) is -3.69. The molecule has 10 heteroatoms. The third kappa shape index (κ3) is 3.75. The van der Waals surface area contributed by atoms with Crippen LogP contribution < -0.4 is 0 Å². The third-order valence-corrected chi connectivity index (χ3v) is 7.70. The van der Waals surface area contributed by atoms with Crippen LogP contribution in [0.4, 0.5) is 0 Å². The van der Waals surface area contributed by atoms with Crippen LogP contribution in [0.1, 0.15) is 55.8 Å². The second-order valence-electron chi connectivity index (χ2n) is 9.03. The molecule has 0 aliphatic carbocycles. The van der Waals surface area contributed by atoms with Crippen LogP contribution in [-0.4, -0.2) is 77.5 Å². The summed E-state index contributed by atoms with van der Waals surface area (Å²) in [6.45, 7) is 6.82. The van der Waals surface area contributed by atoms with Gasteiger partial charge in [-0.05, 0) is 38.3 Å². The average Bonchev–Trinajstić information content (AvgIpc) is 3.35. The number of hydrogen-bond donors (Lipinski definition) is 0. The highest BCUT2D eigenvalue weighted by molar-refractivity contribution is 7.88. The van der Waals surface area contributed by atoms with Crippen molar-refractivity contribution < 1.29 is 22.5 Å². The van der Waals surface area contributed by atoms with Crippen molar-refractivity contribution >= 4 is 21.8 Å². The molecule has 1 aromatic heterocycles. The average molecular weight is 439 g/mol. The molecule has 4 heterocycles. The molecule has 0 aromatic carbocycles. The smallest absolute Gasteiger partial charge is 0.276 e. The molecule has 0 N–H and O–H groups in total. The lowest BCUT2D eigenvalue weighted by atomic mass is 9.88. The molecule has 1 aromatic rings. The Kier molecular flexibility index (Phi) is 5.65. The predicted molar refractivity (Wildman–Crippen MR) is 109 cm³/mol. The Balaban J connectivity index is 1.54. The van der Waals surface area contributed by atoms with E-state index < -0.39 is 33.9 Å². The number of hydrogen-bond acceptors (Lipinski definition) is 7. The van der Waals surface area contributed by atoms with Crippen LogP contribution in [-0.2, 0) is 21.4 Å². The number of amides is 2. The van der Waals surface area contributed by atoms with Crippen molar-refractivity contribution in [2.24, 2.45) is 11.8 Å². The first-order valence-electron chi connectivity index (χ1n) is 10.7. The fraction of sp³-hybridized carbons (Fsp3) is 0.750. The first-order chi connectivity index (χ1) is 14.2. The van der Waals surface area contributed by atoms with Crippen LogP contribution in [0.3, 0.4) is 0 Å². The molecule has 3 fully saturated rings. The van der Waals surface area contributed by atoms with Gasteiger partial charge >= 0.3 is 0 Å². The zero-order valence-electron chi connectivity index (χ0n) is 17.8. The Morgan fingerprint density at radius 3 is 2.57 bits per heavy atom. The van der Waals surface area contributed by atoms with E-state index in [0.717, 1.165) is 36.5 Å². The van der Waals surface area contributed by atoms with Crippen molar-refractivity contribution in [3.8, 4) is 0 Å². The minimum atomic E-state index is -3.69. The topological polar surface area (TPSA) is 104 Å². The number of likely N-dealkylation sites (tertiary alicyclic amines) is 2. The summed E-state index contributed by atoms with van der Waals surface area (Å²) in [5, 5.41) is 3.99. The fourth-order valence-corrected chi connectivity index (χ4v) is 6.41. The molecule has 30 heavy (non-hydrogen) atoms. The first-order valence-corrected chi connectivity index (χ1v) is 12.6. The van der Waals surface area contributed by atoms with E-state index in [9.17, 15) is 18.0 Å². The van der Waals surface area contributed by atoms with Gasteiger partial charge in [0.25, 0.3) is 5.91 Å². The lowest BCUT2D eigenvalue weighted by molar-refractivity contribution is -0.129. The molecular weight excluding hydrogens is 408 g/mol. The van der Waals surface area contributed by atoms with E-state index in [1.54, 1.807) is 11.0 Å². The summed E-state index contributed by atoms with van der Waals surface area (Å²) in [6.07, 6.45) is 5.07. The van der Waals surface area contributed by atoms with Gasteiger partial charge in [-0.1, -0.05) is 25.4 Å². The molecule has 3 saturated heterocycles. The standard InChI is InChI=1S/C20H30N4O5S/c1-13(2)17-18-16(24(20(17)26)30(3,27)28)7-10-23(18)19(25)15-11-14(29-21-15)12-22-8-5-4-6-9-22/h11,13,16-18H,4-10,12H2,1-3H3/t16-,17+,18-/m0/s1. The van der Waals surface area contributed by atoms with Crippen molar-refractivity contribution in [2.75, 3.05) is 25.9 Å². The molecule has 0 spiro atoms. The highest BCUT2D eigenvalue weighted by atomic mass is 32.2. The Bertz CT molecular complexity index is 921. The van der Waals surface area contributed by atoms with Gasteiger partial charge in [0.15, 0.2) is 11.5 Å².